The Hall–Kier alpha value is -2.95. The molecule has 29 heavy (non-hydrogen) atoms. The van der Waals surface area contributed by atoms with E-state index in [2.05, 4.69) is 10.6 Å². The van der Waals surface area contributed by atoms with Crippen molar-refractivity contribution >= 4 is 18.1 Å². The number of carbonyl (C=O) groups excluding carboxylic acids is 3. The highest BCUT2D eigenvalue weighted by Crippen LogP contribution is 2.30. The van der Waals surface area contributed by atoms with Gasteiger partial charge in [0.2, 0.25) is 11.8 Å². The van der Waals surface area contributed by atoms with Gasteiger partial charge in [-0.15, -0.1) is 0 Å². The number of rotatable bonds is 9. The van der Waals surface area contributed by atoms with Gasteiger partial charge < -0.3 is 15.4 Å². The van der Waals surface area contributed by atoms with Gasteiger partial charge in [0.25, 0.3) is 0 Å². The molecule has 0 spiro atoms. The van der Waals surface area contributed by atoms with Gasteiger partial charge in [0.15, 0.2) is 0 Å². The maximum absolute atomic E-state index is 13.1. The Kier molecular flexibility index (Phi) is 7.17. The van der Waals surface area contributed by atoms with Gasteiger partial charge in [-0.1, -0.05) is 73.5 Å². The third-order valence-electron chi connectivity index (χ3n) is 5.53. The van der Waals surface area contributed by atoms with Crippen LogP contribution in [-0.2, 0) is 27.2 Å². The van der Waals surface area contributed by atoms with Crippen molar-refractivity contribution in [3.8, 4) is 0 Å². The lowest BCUT2D eigenvalue weighted by atomic mass is 9.94. The summed E-state index contributed by atoms with van der Waals surface area (Å²) in [5.74, 6) is -0.382. The molecule has 1 atom stereocenters. The number of hydrogen-bond acceptors (Lipinski definition) is 3. The normalized spacial score (nSPS) is 16.0. The van der Waals surface area contributed by atoms with Crippen LogP contribution >= 0.6 is 0 Å². The predicted octanol–water partition coefficient (Wildman–Crippen LogP) is 2.97. The van der Waals surface area contributed by atoms with Crippen molar-refractivity contribution < 1.29 is 14.4 Å². The molecule has 0 aliphatic heterocycles. The molecule has 0 radical (unpaired) electrons. The van der Waals surface area contributed by atoms with Crippen molar-refractivity contribution in [2.45, 2.75) is 56.5 Å². The molecule has 1 saturated carbocycles. The summed E-state index contributed by atoms with van der Waals surface area (Å²) in [6, 6.07) is 18.8. The Balaban J connectivity index is 1.60. The predicted molar refractivity (Wildman–Crippen MR) is 112 cm³/mol. The van der Waals surface area contributed by atoms with Crippen molar-refractivity contribution in [1.82, 2.24) is 10.6 Å². The first-order valence-electron chi connectivity index (χ1n) is 10.3. The third-order valence-corrected chi connectivity index (χ3v) is 5.53. The van der Waals surface area contributed by atoms with Crippen LogP contribution < -0.4 is 10.6 Å². The van der Waals surface area contributed by atoms with Crippen LogP contribution in [0, 0.1) is 0 Å². The highest BCUT2D eigenvalue weighted by atomic mass is 16.2. The molecule has 5 heteroatoms. The molecule has 1 aliphatic rings. The number of aldehydes is 1. The molecule has 2 amide bonds. The molecule has 5 nitrogen and oxygen atoms in total. The SMILES string of the molecule is O=C[C@H](Cc1ccccc1)NC(=O)C1(NC(=O)CCc2ccccc2)CCCC1. The number of aryl methyl sites for hydroxylation is 1. The minimum atomic E-state index is -0.911. The molecule has 2 N–H and O–H groups in total. The van der Waals surface area contributed by atoms with Crippen LogP contribution in [0.15, 0.2) is 60.7 Å². The number of carbonyl (C=O) groups is 3. The molecule has 152 valence electrons. The molecule has 0 heterocycles. The summed E-state index contributed by atoms with van der Waals surface area (Å²) >= 11 is 0. The van der Waals surface area contributed by atoms with Crippen molar-refractivity contribution in [3.05, 3.63) is 71.8 Å². The summed E-state index contributed by atoms with van der Waals surface area (Å²) in [6.07, 6.45) is 5.15. The van der Waals surface area contributed by atoms with Gasteiger partial charge in [0, 0.05) is 6.42 Å². The van der Waals surface area contributed by atoms with Crippen LogP contribution in [0.1, 0.15) is 43.2 Å². The summed E-state index contributed by atoms with van der Waals surface area (Å²) in [7, 11) is 0. The number of benzene rings is 2. The van der Waals surface area contributed by atoms with E-state index in [0.29, 0.717) is 32.1 Å². The smallest absolute Gasteiger partial charge is 0.246 e. The lowest BCUT2D eigenvalue weighted by molar-refractivity contribution is -0.134. The molecule has 1 aliphatic carbocycles. The maximum Gasteiger partial charge on any atom is 0.246 e. The maximum atomic E-state index is 13.1. The Morgan fingerprint density at radius 2 is 1.52 bits per heavy atom. The molecular formula is C24H28N2O3. The second-order valence-electron chi connectivity index (χ2n) is 7.73. The van der Waals surface area contributed by atoms with Crippen LogP contribution in [0.3, 0.4) is 0 Å². The van der Waals surface area contributed by atoms with Crippen LogP contribution in [0.4, 0.5) is 0 Å². The first-order chi connectivity index (χ1) is 14.1. The molecule has 1 fully saturated rings. The quantitative estimate of drug-likeness (QED) is 0.644. The van der Waals surface area contributed by atoms with Crippen molar-refractivity contribution in [2.75, 3.05) is 0 Å². The van der Waals surface area contributed by atoms with E-state index in [9.17, 15) is 14.4 Å². The molecule has 0 bridgehead atoms. The highest BCUT2D eigenvalue weighted by molar-refractivity contribution is 5.93. The third kappa shape index (κ3) is 5.76. The van der Waals surface area contributed by atoms with Crippen molar-refractivity contribution in [1.29, 1.82) is 0 Å². The molecule has 0 unspecified atom stereocenters. The minimum Gasteiger partial charge on any atom is -0.344 e. The van der Waals surface area contributed by atoms with Crippen molar-refractivity contribution in [3.63, 3.8) is 0 Å². The Bertz CT molecular complexity index is 815. The van der Waals surface area contributed by atoms with E-state index in [0.717, 1.165) is 30.3 Å². The lowest BCUT2D eigenvalue weighted by Gasteiger charge is -2.30. The summed E-state index contributed by atoms with van der Waals surface area (Å²) < 4.78 is 0. The lowest BCUT2D eigenvalue weighted by Crippen LogP contribution is -2.59. The van der Waals surface area contributed by atoms with Gasteiger partial charge in [0.05, 0.1) is 6.04 Å². The average molecular weight is 392 g/mol. The molecule has 2 aromatic carbocycles. The molecule has 2 aromatic rings. The van der Waals surface area contributed by atoms with Gasteiger partial charge in [-0.3, -0.25) is 9.59 Å². The van der Waals surface area contributed by atoms with E-state index >= 15 is 0 Å². The average Bonchev–Trinajstić information content (AvgIpc) is 3.23. The summed E-state index contributed by atoms with van der Waals surface area (Å²) in [5.41, 5.74) is 1.17. The van der Waals surface area contributed by atoms with Gasteiger partial charge in [0.1, 0.15) is 11.8 Å². The van der Waals surface area contributed by atoms with Crippen molar-refractivity contribution in [2.24, 2.45) is 0 Å². The van der Waals surface area contributed by atoms with E-state index in [-0.39, 0.29) is 11.8 Å². The zero-order valence-electron chi connectivity index (χ0n) is 16.6. The fourth-order valence-electron chi connectivity index (χ4n) is 3.93. The molecule has 0 saturated heterocycles. The Morgan fingerprint density at radius 1 is 0.931 bits per heavy atom. The van der Waals surface area contributed by atoms with E-state index < -0.39 is 11.6 Å². The summed E-state index contributed by atoms with van der Waals surface area (Å²) in [6.45, 7) is 0. The van der Waals surface area contributed by atoms with E-state index in [4.69, 9.17) is 0 Å². The fraction of sp³-hybridized carbons (Fsp3) is 0.375. The number of amides is 2. The largest absolute Gasteiger partial charge is 0.344 e. The van der Waals surface area contributed by atoms with Crippen LogP contribution in [0.5, 0.6) is 0 Å². The second kappa shape index (κ2) is 10.0. The molecular weight excluding hydrogens is 364 g/mol. The van der Waals surface area contributed by atoms with Gasteiger partial charge in [-0.05, 0) is 36.8 Å². The van der Waals surface area contributed by atoms with Gasteiger partial charge >= 0.3 is 0 Å². The summed E-state index contributed by atoms with van der Waals surface area (Å²) in [5, 5.41) is 5.84. The Morgan fingerprint density at radius 3 is 2.10 bits per heavy atom. The van der Waals surface area contributed by atoms with Gasteiger partial charge in [-0.2, -0.15) is 0 Å². The van der Waals surface area contributed by atoms with Crippen LogP contribution in [0.25, 0.3) is 0 Å². The Labute approximate surface area is 171 Å². The van der Waals surface area contributed by atoms with E-state index in [1.165, 1.54) is 0 Å². The summed E-state index contributed by atoms with van der Waals surface area (Å²) in [4.78, 5) is 37.2. The van der Waals surface area contributed by atoms with Crippen LogP contribution in [0.2, 0.25) is 0 Å². The zero-order valence-corrected chi connectivity index (χ0v) is 16.6. The standard InChI is InChI=1S/C24H28N2O3/c27-18-21(17-20-11-5-2-6-12-20)25-23(29)24(15-7-8-16-24)26-22(28)14-13-19-9-3-1-4-10-19/h1-6,9-12,18,21H,7-8,13-17H2,(H,25,29)(H,26,28)/t21-/m0/s1. The van der Waals surface area contributed by atoms with Gasteiger partial charge in [-0.25, -0.2) is 0 Å². The molecule has 3 rings (SSSR count). The highest BCUT2D eigenvalue weighted by Gasteiger charge is 2.42. The minimum absolute atomic E-state index is 0.128. The van der Waals surface area contributed by atoms with Crippen LogP contribution in [-0.4, -0.2) is 29.7 Å². The monoisotopic (exact) mass is 392 g/mol. The van der Waals surface area contributed by atoms with E-state index in [1.807, 2.05) is 60.7 Å². The number of nitrogens with one attached hydrogen (secondary N) is 2. The molecule has 0 aromatic heterocycles. The fourth-order valence-corrected chi connectivity index (χ4v) is 3.93. The first-order valence-corrected chi connectivity index (χ1v) is 10.3. The van der Waals surface area contributed by atoms with E-state index in [1.54, 1.807) is 0 Å². The zero-order chi connectivity index (χ0) is 20.5. The number of hydrogen-bond donors (Lipinski definition) is 2. The first kappa shape index (κ1) is 20.8. The second-order valence-corrected chi connectivity index (χ2v) is 7.73. The topological polar surface area (TPSA) is 75.3 Å².